The van der Waals surface area contributed by atoms with Crippen LogP contribution in [-0.4, -0.2) is 29.8 Å². The molecule has 62 valence electrons. The van der Waals surface area contributed by atoms with E-state index in [0.29, 0.717) is 18.2 Å². The summed E-state index contributed by atoms with van der Waals surface area (Å²) in [5, 5.41) is 0. The number of likely N-dealkylation sites (N-methyl/N-ethyl adjacent to an activating group) is 1. The summed E-state index contributed by atoms with van der Waals surface area (Å²) in [6, 6.07) is 0.509. The molecule has 1 aliphatic rings. The van der Waals surface area contributed by atoms with E-state index in [9.17, 15) is 4.79 Å². The van der Waals surface area contributed by atoms with E-state index < -0.39 is 0 Å². The molecule has 0 bridgehead atoms. The highest BCUT2D eigenvalue weighted by Gasteiger charge is 2.33. The van der Waals surface area contributed by atoms with Gasteiger partial charge in [-0.25, -0.2) is 0 Å². The van der Waals surface area contributed by atoms with Crippen molar-refractivity contribution in [2.24, 2.45) is 0 Å². The zero-order valence-corrected chi connectivity index (χ0v) is 7.21. The molecule has 0 amide bonds. The fourth-order valence-electron chi connectivity index (χ4n) is 1.56. The van der Waals surface area contributed by atoms with E-state index >= 15 is 0 Å². The lowest BCUT2D eigenvalue weighted by molar-refractivity contribution is -0.119. The van der Waals surface area contributed by atoms with Crippen molar-refractivity contribution in [1.82, 2.24) is 4.90 Å². The maximum absolute atomic E-state index is 11.3. The molecule has 2 nitrogen and oxygen atoms in total. The number of Topliss-reactive ketones (excluding diaryl/α,β-unsaturated/α-hetero) is 1. The van der Waals surface area contributed by atoms with Crippen molar-refractivity contribution in [1.29, 1.82) is 0 Å². The summed E-state index contributed by atoms with van der Waals surface area (Å²) in [7, 11) is 2.00. The van der Waals surface area contributed by atoms with Crippen LogP contribution in [0.4, 0.5) is 0 Å². The second-order valence-corrected chi connectivity index (χ2v) is 3.23. The second-order valence-electron chi connectivity index (χ2n) is 3.23. The minimum Gasteiger partial charge on any atom is -0.298 e. The predicted octanol–water partition coefficient (Wildman–Crippen LogP) is 1.22. The molecule has 0 unspecified atom stereocenters. The van der Waals surface area contributed by atoms with Crippen LogP contribution in [0, 0.1) is 0 Å². The molecule has 0 aromatic rings. The highest BCUT2D eigenvalue weighted by atomic mass is 16.1. The number of ketones is 1. The predicted molar refractivity (Wildman–Crippen MR) is 45.5 cm³/mol. The smallest absolute Gasteiger partial charge is 0.151 e. The molecule has 0 aromatic heterocycles. The summed E-state index contributed by atoms with van der Waals surface area (Å²) >= 11 is 0. The first-order valence-corrected chi connectivity index (χ1v) is 4.02. The van der Waals surface area contributed by atoms with Crippen molar-refractivity contribution in [2.45, 2.75) is 31.8 Å². The lowest BCUT2D eigenvalue weighted by atomic mass is 10.1. The first kappa shape index (κ1) is 8.47. The number of carbonyl (C=O) groups is 1. The molecular formula is C9H15NO. The van der Waals surface area contributed by atoms with E-state index in [1.165, 1.54) is 0 Å². The van der Waals surface area contributed by atoms with Crippen molar-refractivity contribution in [2.75, 3.05) is 7.05 Å². The molecule has 1 saturated heterocycles. The number of likely N-dealkylation sites (tertiary alicyclic amines) is 1. The molecule has 11 heavy (non-hydrogen) atoms. The maximum Gasteiger partial charge on any atom is 0.151 e. The third-order valence-electron chi connectivity index (χ3n) is 2.45. The zero-order valence-electron chi connectivity index (χ0n) is 7.21. The summed E-state index contributed by atoms with van der Waals surface area (Å²) in [6.07, 6.45) is 3.31. The maximum atomic E-state index is 11.3. The Labute approximate surface area is 67.9 Å². The Kier molecular flexibility index (Phi) is 2.45. The number of hydrogen-bond donors (Lipinski definition) is 0. The first-order valence-electron chi connectivity index (χ1n) is 4.02. The van der Waals surface area contributed by atoms with Crippen LogP contribution >= 0.6 is 0 Å². The summed E-state index contributed by atoms with van der Waals surface area (Å²) in [5.74, 6) is 0.361. The molecule has 0 N–H and O–H groups in total. The lowest BCUT2D eigenvalue weighted by Gasteiger charge is -2.20. The average molecular weight is 153 g/mol. The van der Waals surface area contributed by atoms with Crippen LogP contribution in [0.15, 0.2) is 12.7 Å². The standard InChI is InChI=1S/C9H15NO/c1-4-5-8-9(11)6-7(2)10(8)3/h4,7-8H,1,5-6H2,2-3H3/t7-,8-/m0/s1. The molecule has 0 radical (unpaired) electrons. The van der Waals surface area contributed by atoms with Crippen LogP contribution in [-0.2, 0) is 4.79 Å². The summed E-state index contributed by atoms with van der Waals surface area (Å²) in [5.41, 5.74) is 0. The summed E-state index contributed by atoms with van der Waals surface area (Å²) < 4.78 is 0. The van der Waals surface area contributed by atoms with E-state index in [1.54, 1.807) is 0 Å². The Hall–Kier alpha value is -0.630. The Morgan fingerprint density at radius 2 is 2.45 bits per heavy atom. The quantitative estimate of drug-likeness (QED) is 0.556. The van der Waals surface area contributed by atoms with Crippen molar-refractivity contribution >= 4 is 5.78 Å². The van der Waals surface area contributed by atoms with Crippen molar-refractivity contribution in [3.05, 3.63) is 12.7 Å². The van der Waals surface area contributed by atoms with Gasteiger partial charge in [0, 0.05) is 12.5 Å². The van der Waals surface area contributed by atoms with Gasteiger partial charge in [0.2, 0.25) is 0 Å². The highest BCUT2D eigenvalue weighted by Crippen LogP contribution is 2.20. The SMILES string of the molecule is C=CC[C@H]1C(=O)C[C@H](C)N1C. The minimum atomic E-state index is 0.0995. The fraction of sp³-hybridized carbons (Fsp3) is 0.667. The van der Waals surface area contributed by atoms with Gasteiger partial charge in [-0.1, -0.05) is 6.08 Å². The Morgan fingerprint density at radius 1 is 1.82 bits per heavy atom. The topological polar surface area (TPSA) is 20.3 Å². The van der Waals surface area contributed by atoms with E-state index in [1.807, 2.05) is 13.1 Å². The Morgan fingerprint density at radius 3 is 2.82 bits per heavy atom. The number of carbonyl (C=O) groups excluding carboxylic acids is 1. The number of nitrogens with zero attached hydrogens (tertiary/aromatic N) is 1. The zero-order chi connectivity index (χ0) is 8.43. The third-order valence-corrected chi connectivity index (χ3v) is 2.45. The van der Waals surface area contributed by atoms with Crippen LogP contribution in [0.5, 0.6) is 0 Å². The van der Waals surface area contributed by atoms with Crippen LogP contribution in [0.25, 0.3) is 0 Å². The largest absolute Gasteiger partial charge is 0.298 e. The molecule has 0 aromatic carbocycles. The minimum absolute atomic E-state index is 0.0995. The second kappa shape index (κ2) is 3.18. The van der Waals surface area contributed by atoms with Gasteiger partial charge < -0.3 is 0 Å². The number of hydrogen-bond acceptors (Lipinski definition) is 2. The first-order chi connectivity index (χ1) is 5.16. The summed E-state index contributed by atoms with van der Waals surface area (Å²) in [6.45, 7) is 5.72. The molecular weight excluding hydrogens is 138 g/mol. The van der Waals surface area contributed by atoms with Crippen molar-refractivity contribution < 1.29 is 4.79 Å². The van der Waals surface area contributed by atoms with Gasteiger partial charge in [0.1, 0.15) is 0 Å². The molecule has 2 atom stereocenters. The van der Waals surface area contributed by atoms with E-state index in [4.69, 9.17) is 0 Å². The van der Waals surface area contributed by atoms with Gasteiger partial charge in [-0.2, -0.15) is 0 Å². The Bertz CT molecular complexity index is 176. The van der Waals surface area contributed by atoms with Crippen LogP contribution in [0.3, 0.4) is 0 Å². The fourth-order valence-corrected chi connectivity index (χ4v) is 1.56. The van der Waals surface area contributed by atoms with Gasteiger partial charge in [-0.05, 0) is 20.4 Å². The van der Waals surface area contributed by atoms with E-state index in [2.05, 4.69) is 18.4 Å². The summed E-state index contributed by atoms with van der Waals surface area (Å²) in [4.78, 5) is 13.4. The molecule has 1 rings (SSSR count). The monoisotopic (exact) mass is 153 g/mol. The third kappa shape index (κ3) is 1.51. The lowest BCUT2D eigenvalue weighted by Crippen LogP contribution is -2.32. The normalized spacial score (nSPS) is 32.7. The molecule has 0 aliphatic carbocycles. The molecule has 1 fully saturated rings. The molecule has 2 heteroatoms. The van der Waals surface area contributed by atoms with Crippen molar-refractivity contribution in [3.63, 3.8) is 0 Å². The van der Waals surface area contributed by atoms with Gasteiger partial charge in [-0.3, -0.25) is 9.69 Å². The molecule has 0 spiro atoms. The Balaban J connectivity index is 2.63. The highest BCUT2D eigenvalue weighted by molar-refractivity contribution is 5.86. The number of rotatable bonds is 2. The molecule has 0 saturated carbocycles. The van der Waals surface area contributed by atoms with Crippen LogP contribution in [0.2, 0.25) is 0 Å². The van der Waals surface area contributed by atoms with Gasteiger partial charge >= 0.3 is 0 Å². The van der Waals surface area contributed by atoms with Crippen molar-refractivity contribution in [3.8, 4) is 0 Å². The van der Waals surface area contributed by atoms with Crippen LogP contribution < -0.4 is 0 Å². The van der Waals surface area contributed by atoms with Gasteiger partial charge in [-0.15, -0.1) is 6.58 Å². The van der Waals surface area contributed by atoms with E-state index in [-0.39, 0.29) is 6.04 Å². The average Bonchev–Trinajstić information content (AvgIpc) is 2.17. The van der Waals surface area contributed by atoms with Gasteiger partial charge in [0.15, 0.2) is 5.78 Å². The van der Waals surface area contributed by atoms with Gasteiger partial charge in [0.05, 0.1) is 6.04 Å². The van der Waals surface area contributed by atoms with Crippen LogP contribution in [0.1, 0.15) is 19.8 Å². The molecule has 1 aliphatic heterocycles. The van der Waals surface area contributed by atoms with E-state index in [0.717, 1.165) is 6.42 Å². The van der Waals surface area contributed by atoms with Gasteiger partial charge in [0.25, 0.3) is 0 Å². The molecule has 1 heterocycles.